The molecule has 0 spiro atoms. The fourth-order valence-corrected chi connectivity index (χ4v) is 2.72. The van der Waals surface area contributed by atoms with Gasteiger partial charge in [-0.05, 0) is 42.5 Å². The quantitative estimate of drug-likeness (QED) is 0.528. The Morgan fingerprint density at radius 3 is 2.63 bits per heavy atom. The number of azo groups is 1. The van der Waals surface area contributed by atoms with Gasteiger partial charge in [0.1, 0.15) is 5.75 Å². The molecule has 1 aromatic heterocycles. The van der Waals surface area contributed by atoms with Crippen molar-refractivity contribution in [3.63, 3.8) is 0 Å². The standard InChI is InChI=1S/C19H14Cl2N4O2/c1-27-17-11-13(24-25-18-4-2-3-9-22-18)6-8-16(17)23-19(26)14-7-5-12(20)10-15(14)21/h2-11H,1H3,(H,23,26)/b25-24-. The topological polar surface area (TPSA) is 75.9 Å². The molecule has 2 aromatic carbocycles. The number of carbonyl (C=O) groups is 1. The van der Waals surface area contributed by atoms with E-state index in [0.717, 1.165) is 0 Å². The van der Waals surface area contributed by atoms with Gasteiger partial charge in [0.2, 0.25) is 0 Å². The minimum absolute atomic E-state index is 0.264. The summed E-state index contributed by atoms with van der Waals surface area (Å²) in [6.45, 7) is 0. The SMILES string of the molecule is COc1cc(/N=N\c2ccccn2)ccc1NC(=O)c1ccc(Cl)cc1Cl. The van der Waals surface area contributed by atoms with E-state index in [2.05, 4.69) is 20.5 Å². The molecule has 8 heteroatoms. The van der Waals surface area contributed by atoms with E-state index in [1.165, 1.54) is 13.2 Å². The lowest BCUT2D eigenvalue weighted by Gasteiger charge is -2.11. The lowest BCUT2D eigenvalue weighted by atomic mass is 10.2. The van der Waals surface area contributed by atoms with Crippen LogP contribution < -0.4 is 10.1 Å². The van der Waals surface area contributed by atoms with E-state index in [9.17, 15) is 4.79 Å². The van der Waals surface area contributed by atoms with Crippen molar-refractivity contribution in [2.75, 3.05) is 12.4 Å². The number of nitrogens with one attached hydrogen (secondary N) is 1. The fraction of sp³-hybridized carbons (Fsp3) is 0.0526. The van der Waals surface area contributed by atoms with Crippen LogP contribution in [0.4, 0.5) is 17.2 Å². The minimum atomic E-state index is -0.377. The summed E-state index contributed by atoms with van der Waals surface area (Å²) in [5.41, 5.74) is 1.34. The average Bonchev–Trinajstić information content (AvgIpc) is 2.67. The molecule has 0 saturated carbocycles. The van der Waals surface area contributed by atoms with Crippen molar-refractivity contribution >= 4 is 46.3 Å². The maximum atomic E-state index is 12.5. The van der Waals surface area contributed by atoms with Crippen LogP contribution in [-0.2, 0) is 0 Å². The summed E-state index contributed by atoms with van der Waals surface area (Å²) < 4.78 is 5.34. The van der Waals surface area contributed by atoms with Crippen molar-refractivity contribution in [3.8, 4) is 5.75 Å². The second-order valence-electron chi connectivity index (χ2n) is 5.35. The highest BCUT2D eigenvalue weighted by molar-refractivity contribution is 6.37. The van der Waals surface area contributed by atoms with Crippen LogP contribution in [0, 0.1) is 0 Å². The molecule has 0 unspecified atom stereocenters. The molecule has 0 bridgehead atoms. The molecule has 0 aliphatic heterocycles. The molecule has 0 saturated heterocycles. The maximum absolute atomic E-state index is 12.5. The first kappa shape index (κ1) is 18.8. The van der Waals surface area contributed by atoms with Crippen LogP contribution in [0.2, 0.25) is 10.0 Å². The normalized spacial score (nSPS) is 10.8. The van der Waals surface area contributed by atoms with E-state index in [-0.39, 0.29) is 10.9 Å². The summed E-state index contributed by atoms with van der Waals surface area (Å²) in [4.78, 5) is 16.5. The van der Waals surface area contributed by atoms with E-state index in [1.807, 2.05) is 6.07 Å². The largest absolute Gasteiger partial charge is 0.494 e. The van der Waals surface area contributed by atoms with Crippen molar-refractivity contribution < 1.29 is 9.53 Å². The monoisotopic (exact) mass is 400 g/mol. The van der Waals surface area contributed by atoms with Crippen LogP contribution in [0.1, 0.15) is 10.4 Å². The van der Waals surface area contributed by atoms with Crippen LogP contribution in [-0.4, -0.2) is 18.0 Å². The zero-order valence-corrected chi connectivity index (χ0v) is 15.7. The second-order valence-corrected chi connectivity index (χ2v) is 6.19. The number of pyridine rings is 1. The van der Waals surface area contributed by atoms with Crippen LogP contribution in [0.25, 0.3) is 0 Å². The summed E-state index contributed by atoms with van der Waals surface area (Å²) in [6.07, 6.45) is 1.63. The maximum Gasteiger partial charge on any atom is 0.257 e. The van der Waals surface area contributed by atoms with Gasteiger partial charge in [-0.1, -0.05) is 29.3 Å². The van der Waals surface area contributed by atoms with E-state index < -0.39 is 0 Å². The number of aromatic nitrogens is 1. The highest BCUT2D eigenvalue weighted by Gasteiger charge is 2.14. The highest BCUT2D eigenvalue weighted by Crippen LogP contribution is 2.31. The fourth-order valence-electron chi connectivity index (χ4n) is 2.23. The Labute approximate surface area is 165 Å². The molecule has 1 heterocycles. The third kappa shape index (κ3) is 4.81. The number of methoxy groups -OCH3 is 1. The number of hydrogen-bond donors (Lipinski definition) is 1. The van der Waals surface area contributed by atoms with Crippen molar-refractivity contribution in [2.24, 2.45) is 10.2 Å². The number of rotatable bonds is 5. The number of carbonyl (C=O) groups excluding carboxylic acids is 1. The third-order valence-corrected chi connectivity index (χ3v) is 4.07. The van der Waals surface area contributed by atoms with Crippen LogP contribution in [0.3, 0.4) is 0 Å². The van der Waals surface area contributed by atoms with Gasteiger partial charge in [-0.2, -0.15) is 0 Å². The van der Waals surface area contributed by atoms with Crippen molar-refractivity contribution in [1.29, 1.82) is 0 Å². The molecular formula is C19H14Cl2N4O2. The molecule has 3 aromatic rings. The zero-order chi connectivity index (χ0) is 19.2. The number of hydrogen-bond acceptors (Lipinski definition) is 5. The molecular weight excluding hydrogens is 387 g/mol. The van der Waals surface area contributed by atoms with Crippen molar-refractivity contribution in [1.82, 2.24) is 4.98 Å². The number of nitrogens with zero attached hydrogens (tertiary/aromatic N) is 3. The lowest BCUT2D eigenvalue weighted by molar-refractivity contribution is 0.102. The van der Waals surface area contributed by atoms with Crippen molar-refractivity contribution in [2.45, 2.75) is 0 Å². The van der Waals surface area contributed by atoms with Gasteiger partial charge in [0.15, 0.2) is 5.82 Å². The van der Waals surface area contributed by atoms with Gasteiger partial charge in [-0.15, -0.1) is 10.2 Å². The summed E-state index contributed by atoms with van der Waals surface area (Å²) in [5, 5.41) is 11.7. The van der Waals surface area contributed by atoms with Gasteiger partial charge in [0.05, 0.1) is 29.1 Å². The number of amides is 1. The predicted octanol–water partition coefficient (Wildman–Crippen LogP) is 6.06. The molecule has 3 rings (SSSR count). The molecule has 6 nitrogen and oxygen atoms in total. The van der Waals surface area contributed by atoms with E-state index in [4.69, 9.17) is 27.9 Å². The molecule has 0 aliphatic carbocycles. The van der Waals surface area contributed by atoms with Gasteiger partial charge in [0, 0.05) is 17.3 Å². The number of benzene rings is 2. The number of ether oxygens (including phenoxy) is 1. The summed E-state index contributed by atoms with van der Waals surface area (Å²) in [5.74, 6) is 0.551. The Hall–Kier alpha value is -2.96. The van der Waals surface area contributed by atoms with E-state index >= 15 is 0 Å². The minimum Gasteiger partial charge on any atom is -0.494 e. The van der Waals surface area contributed by atoms with Gasteiger partial charge in [-0.3, -0.25) is 4.79 Å². The van der Waals surface area contributed by atoms with Gasteiger partial charge >= 0.3 is 0 Å². The number of anilines is 1. The smallest absolute Gasteiger partial charge is 0.257 e. The molecule has 1 amide bonds. The second kappa shape index (κ2) is 8.62. The molecule has 27 heavy (non-hydrogen) atoms. The Balaban J connectivity index is 1.80. The van der Waals surface area contributed by atoms with Crippen LogP contribution in [0.5, 0.6) is 5.75 Å². The van der Waals surface area contributed by atoms with Gasteiger partial charge < -0.3 is 10.1 Å². The summed E-state index contributed by atoms with van der Waals surface area (Å²) in [6, 6.07) is 15.1. The van der Waals surface area contributed by atoms with Crippen molar-refractivity contribution in [3.05, 3.63) is 76.4 Å². The Kier molecular flexibility index (Phi) is 6.01. The highest BCUT2D eigenvalue weighted by atomic mass is 35.5. The first-order valence-electron chi connectivity index (χ1n) is 7.84. The Morgan fingerprint density at radius 1 is 1.07 bits per heavy atom. The predicted molar refractivity (Wildman–Crippen MR) is 106 cm³/mol. The first-order valence-corrected chi connectivity index (χ1v) is 8.59. The molecule has 0 radical (unpaired) electrons. The molecule has 0 aliphatic rings. The third-order valence-electron chi connectivity index (χ3n) is 3.53. The molecule has 136 valence electrons. The van der Waals surface area contributed by atoms with E-state index in [1.54, 1.807) is 48.7 Å². The Bertz CT molecular complexity index is 994. The average molecular weight is 401 g/mol. The first-order chi connectivity index (χ1) is 13.1. The van der Waals surface area contributed by atoms with Crippen LogP contribution in [0.15, 0.2) is 71.0 Å². The molecule has 0 atom stereocenters. The van der Waals surface area contributed by atoms with E-state index in [0.29, 0.717) is 33.5 Å². The van der Waals surface area contributed by atoms with Gasteiger partial charge in [0.25, 0.3) is 5.91 Å². The summed E-state index contributed by atoms with van der Waals surface area (Å²) >= 11 is 11.9. The summed E-state index contributed by atoms with van der Waals surface area (Å²) in [7, 11) is 1.50. The number of halogens is 2. The molecule has 1 N–H and O–H groups in total. The lowest BCUT2D eigenvalue weighted by Crippen LogP contribution is -2.13. The Morgan fingerprint density at radius 2 is 1.93 bits per heavy atom. The molecule has 0 fully saturated rings. The zero-order valence-electron chi connectivity index (χ0n) is 14.2. The van der Waals surface area contributed by atoms with Crippen LogP contribution >= 0.6 is 23.2 Å². The van der Waals surface area contributed by atoms with Gasteiger partial charge in [-0.25, -0.2) is 4.98 Å².